The molecule has 1 amide bonds. The third kappa shape index (κ3) is 4.73. The summed E-state index contributed by atoms with van der Waals surface area (Å²) in [4.78, 5) is 31.3. The van der Waals surface area contributed by atoms with E-state index in [1.807, 2.05) is 49.9 Å². The first-order chi connectivity index (χ1) is 13.5. The highest BCUT2D eigenvalue weighted by Crippen LogP contribution is 2.29. The molecule has 0 unspecified atom stereocenters. The van der Waals surface area contributed by atoms with E-state index >= 15 is 0 Å². The van der Waals surface area contributed by atoms with Gasteiger partial charge in [0.1, 0.15) is 5.75 Å². The van der Waals surface area contributed by atoms with Crippen molar-refractivity contribution in [3.63, 3.8) is 0 Å². The van der Waals surface area contributed by atoms with Crippen molar-refractivity contribution in [1.82, 2.24) is 4.90 Å². The monoisotopic (exact) mass is 400 g/mol. The van der Waals surface area contributed by atoms with Crippen LogP contribution >= 0.6 is 11.3 Å². The Morgan fingerprint density at radius 2 is 1.79 bits per heavy atom. The number of carbonyl (C=O) groups is 2. The molecule has 1 aliphatic rings. The number of hydrogen-bond acceptors (Lipinski definition) is 5. The Hall–Kier alpha value is -2.34. The summed E-state index contributed by atoms with van der Waals surface area (Å²) in [5.74, 6) is 1.02. The number of ether oxygens (including phenoxy) is 1. The fourth-order valence-electron chi connectivity index (χ4n) is 3.61. The molecule has 0 bridgehead atoms. The second-order valence-electron chi connectivity index (χ2n) is 7.02. The van der Waals surface area contributed by atoms with Crippen LogP contribution < -0.4 is 9.64 Å². The zero-order valence-corrected chi connectivity index (χ0v) is 17.7. The number of Topliss-reactive ketones (excluding diaryl/α,β-unsaturated/α-hetero) is 1. The van der Waals surface area contributed by atoms with Crippen molar-refractivity contribution >= 4 is 28.7 Å². The number of hydrogen-bond donors (Lipinski definition) is 0. The standard InChI is InChI=1S/C22H28N2O3S/c1-4-27-21-8-6-5-7-19(21)23-11-13-24(14-12-23)22(26)10-9-20(25)18-15-16(2)28-17(18)3/h5-8,15H,4,9-14H2,1-3H3. The summed E-state index contributed by atoms with van der Waals surface area (Å²) in [5.41, 5.74) is 1.85. The molecule has 150 valence electrons. The molecule has 2 heterocycles. The van der Waals surface area contributed by atoms with Crippen LogP contribution in [0.25, 0.3) is 0 Å². The van der Waals surface area contributed by atoms with Gasteiger partial charge in [0.25, 0.3) is 0 Å². The first kappa shape index (κ1) is 20.4. The molecule has 0 atom stereocenters. The Morgan fingerprint density at radius 1 is 1.07 bits per heavy atom. The molecule has 0 spiro atoms. The van der Waals surface area contributed by atoms with Crippen LogP contribution in [0, 0.1) is 13.8 Å². The highest BCUT2D eigenvalue weighted by Gasteiger charge is 2.23. The molecule has 1 aliphatic heterocycles. The molecule has 1 saturated heterocycles. The summed E-state index contributed by atoms with van der Waals surface area (Å²) in [6.07, 6.45) is 0.561. The van der Waals surface area contributed by atoms with E-state index in [1.165, 1.54) is 0 Å². The van der Waals surface area contributed by atoms with Gasteiger partial charge in [0.2, 0.25) is 5.91 Å². The van der Waals surface area contributed by atoms with Crippen LogP contribution in [-0.2, 0) is 4.79 Å². The number of anilines is 1. The minimum atomic E-state index is 0.0655. The Labute approximate surface area is 170 Å². The van der Waals surface area contributed by atoms with E-state index in [0.717, 1.165) is 39.8 Å². The Bertz CT molecular complexity index is 838. The molecule has 5 nitrogen and oxygen atoms in total. The summed E-state index contributed by atoms with van der Waals surface area (Å²) in [6.45, 7) is 9.46. The summed E-state index contributed by atoms with van der Waals surface area (Å²) in [6, 6.07) is 9.96. The van der Waals surface area contributed by atoms with E-state index < -0.39 is 0 Å². The number of para-hydroxylation sites is 2. The second-order valence-corrected chi connectivity index (χ2v) is 8.48. The average Bonchev–Trinajstić information content (AvgIpc) is 3.05. The van der Waals surface area contributed by atoms with Gasteiger partial charge in [0, 0.05) is 54.3 Å². The number of thiophene rings is 1. The number of nitrogens with zero attached hydrogens (tertiary/aromatic N) is 2. The Balaban J connectivity index is 1.51. The number of ketones is 1. The lowest BCUT2D eigenvalue weighted by molar-refractivity contribution is -0.131. The molecule has 1 aromatic heterocycles. The van der Waals surface area contributed by atoms with Gasteiger partial charge in [-0.25, -0.2) is 0 Å². The topological polar surface area (TPSA) is 49.9 Å². The lowest BCUT2D eigenvalue weighted by Gasteiger charge is -2.36. The maximum absolute atomic E-state index is 12.6. The van der Waals surface area contributed by atoms with Gasteiger partial charge in [-0.1, -0.05) is 12.1 Å². The van der Waals surface area contributed by atoms with Crippen molar-refractivity contribution < 1.29 is 14.3 Å². The van der Waals surface area contributed by atoms with Crippen LogP contribution in [0.1, 0.15) is 39.9 Å². The number of piperazine rings is 1. The lowest BCUT2D eigenvalue weighted by atomic mass is 10.1. The van der Waals surface area contributed by atoms with E-state index in [2.05, 4.69) is 11.0 Å². The van der Waals surface area contributed by atoms with Gasteiger partial charge in [-0.2, -0.15) is 0 Å². The molecule has 2 aromatic rings. The van der Waals surface area contributed by atoms with Gasteiger partial charge >= 0.3 is 0 Å². The summed E-state index contributed by atoms with van der Waals surface area (Å²) < 4.78 is 5.72. The molecular formula is C22H28N2O3S. The minimum Gasteiger partial charge on any atom is -0.492 e. The molecule has 0 radical (unpaired) electrons. The molecular weight excluding hydrogens is 372 g/mol. The molecule has 28 heavy (non-hydrogen) atoms. The summed E-state index contributed by atoms with van der Waals surface area (Å²) >= 11 is 1.63. The van der Waals surface area contributed by atoms with Crippen molar-refractivity contribution in [2.75, 3.05) is 37.7 Å². The van der Waals surface area contributed by atoms with Crippen molar-refractivity contribution in [3.8, 4) is 5.75 Å². The van der Waals surface area contributed by atoms with Gasteiger partial charge in [0.05, 0.1) is 12.3 Å². The number of benzene rings is 1. The third-order valence-corrected chi connectivity index (χ3v) is 6.01. The highest BCUT2D eigenvalue weighted by atomic mass is 32.1. The van der Waals surface area contributed by atoms with Crippen LogP contribution in [-0.4, -0.2) is 49.4 Å². The molecule has 6 heteroatoms. The molecule has 0 N–H and O–H groups in total. The molecule has 1 fully saturated rings. The van der Waals surface area contributed by atoms with Gasteiger partial charge < -0.3 is 14.5 Å². The van der Waals surface area contributed by atoms with Crippen LogP contribution in [0.5, 0.6) is 5.75 Å². The Kier molecular flexibility index (Phi) is 6.73. The van der Waals surface area contributed by atoms with Crippen LogP contribution in [0.4, 0.5) is 5.69 Å². The van der Waals surface area contributed by atoms with E-state index in [0.29, 0.717) is 19.7 Å². The van der Waals surface area contributed by atoms with Gasteiger partial charge in [-0.05, 0) is 39.0 Å². The van der Waals surface area contributed by atoms with Crippen LogP contribution in [0.3, 0.4) is 0 Å². The maximum atomic E-state index is 12.6. The fraction of sp³-hybridized carbons (Fsp3) is 0.455. The maximum Gasteiger partial charge on any atom is 0.223 e. The van der Waals surface area contributed by atoms with Crippen molar-refractivity contribution in [2.24, 2.45) is 0 Å². The summed E-state index contributed by atoms with van der Waals surface area (Å²) in [5, 5.41) is 0. The second kappa shape index (κ2) is 9.24. The van der Waals surface area contributed by atoms with Gasteiger partial charge in [0.15, 0.2) is 5.78 Å². The predicted molar refractivity (Wildman–Crippen MR) is 114 cm³/mol. The van der Waals surface area contributed by atoms with E-state index in [-0.39, 0.29) is 24.5 Å². The highest BCUT2D eigenvalue weighted by molar-refractivity contribution is 7.12. The van der Waals surface area contributed by atoms with E-state index in [9.17, 15) is 9.59 Å². The molecule has 1 aromatic carbocycles. The van der Waals surface area contributed by atoms with Crippen molar-refractivity contribution in [2.45, 2.75) is 33.6 Å². The number of carbonyl (C=O) groups excluding carboxylic acids is 2. The molecule has 3 rings (SSSR count). The number of aryl methyl sites for hydroxylation is 2. The molecule has 0 saturated carbocycles. The van der Waals surface area contributed by atoms with Gasteiger partial charge in [-0.15, -0.1) is 11.3 Å². The third-order valence-electron chi connectivity index (χ3n) is 5.05. The molecule has 0 aliphatic carbocycles. The first-order valence-electron chi connectivity index (χ1n) is 9.84. The van der Waals surface area contributed by atoms with Crippen molar-refractivity contribution in [1.29, 1.82) is 0 Å². The zero-order chi connectivity index (χ0) is 20.1. The van der Waals surface area contributed by atoms with Crippen LogP contribution in [0.2, 0.25) is 0 Å². The van der Waals surface area contributed by atoms with Gasteiger partial charge in [-0.3, -0.25) is 9.59 Å². The average molecular weight is 401 g/mol. The SMILES string of the molecule is CCOc1ccccc1N1CCN(C(=O)CCC(=O)c2cc(C)sc2C)CC1. The van der Waals surface area contributed by atoms with E-state index in [1.54, 1.807) is 11.3 Å². The minimum absolute atomic E-state index is 0.0655. The zero-order valence-electron chi connectivity index (χ0n) is 16.9. The lowest BCUT2D eigenvalue weighted by Crippen LogP contribution is -2.48. The largest absolute Gasteiger partial charge is 0.492 e. The van der Waals surface area contributed by atoms with E-state index in [4.69, 9.17) is 4.74 Å². The summed E-state index contributed by atoms with van der Waals surface area (Å²) in [7, 11) is 0. The van der Waals surface area contributed by atoms with Crippen LogP contribution in [0.15, 0.2) is 30.3 Å². The van der Waals surface area contributed by atoms with Crippen molar-refractivity contribution in [3.05, 3.63) is 45.6 Å². The smallest absolute Gasteiger partial charge is 0.223 e. The number of rotatable bonds is 7. The predicted octanol–water partition coefficient (Wildman–Crippen LogP) is 4.08. The number of amides is 1. The fourth-order valence-corrected chi connectivity index (χ4v) is 4.56. The first-order valence-corrected chi connectivity index (χ1v) is 10.7. The normalized spacial score (nSPS) is 14.2. The quantitative estimate of drug-likeness (QED) is 0.657. The Morgan fingerprint density at radius 3 is 2.43 bits per heavy atom.